The molecule has 6 heteroatoms. The van der Waals surface area contributed by atoms with E-state index < -0.39 is 16.1 Å². The standard InChI is InChI=1S/C26H19NO4S/c1-16(18-11-10-17-6-2-3-7-19(17)14-18)27-32(30,31)20-12-13-23-24(15-20)26(29)22-9-5-4-8-21(22)25(23)28/h2-16,27H,1H3. The van der Waals surface area contributed by atoms with Crippen molar-refractivity contribution in [1.82, 2.24) is 4.72 Å². The SMILES string of the molecule is CC(NS(=O)(=O)c1ccc2c(c1)C(=O)c1ccccc1C2=O)c1ccc2ccccc2c1. The van der Waals surface area contributed by atoms with Crippen LogP contribution in [0.2, 0.25) is 0 Å². The van der Waals surface area contributed by atoms with Crippen molar-refractivity contribution in [3.63, 3.8) is 0 Å². The minimum Gasteiger partial charge on any atom is -0.289 e. The fourth-order valence-electron chi connectivity index (χ4n) is 4.09. The Hall–Kier alpha value is -3.61. The largest absolute Gasteiger partial charge is 0.289 e. The van der Waals surface area contributed by atoms with Crippen LogP contribution in [0, 0.1) is 0 Å². The molecule has 0 aliphatic heterocycles. The number of nitrogens with one attached hydrogen (secondary N) is 1. The van der Waals surface area contributed by atoms with Gasteiger partial charge >= 0.3 is 0 Å². The molecular weight excluding hydrogens is 422 g/mol. The van der Waals surface area contributed by atoms with Crippen molar-refractivity contribution in [3.05, 3.63) is 113 Å². The van der Waals surface area contributed by atoms with Crippen LogP contribution in [-0.2, 0) is 10.0 Å². The molecule has 4 aromatic carbocycles. The van der Waals surface area contributed by atoms with E-state index in [0.29, 0.717) is 5.56 Å². The molecule has 0 heterocycles. The van der Waals surface area contributed by atoms with Crippen LogP contribution in [0.1, 0.15) is 50.4 Å². The van der Waals surface area contributed by atoms with Crippen molar-refractivity contribution in [3.8, 4) is 0 Å². The summed E-state index contributed by atoms with van der Waals surface area (Å²) in [6.07, 6.45) is 0. The third kappa shape index (κ3) is 3.34. The molecule has 0 aromatic heterocycles. The molecule has 1 aliphatic rings. The minimum absolute atomic E-state index is 0.0515. The molecule has 1 N–H and O–H groups in total. The van der Waals surface area contributed by atoms with Crippen molar-refractivity contribution in [2.24, 2.45) is 0 Å². The molecule has 0 spiro atoms. The van der Waals surface area contributed by atoms with E-state index in [-0.39, 0.29) is 33.2 Å². The maximum atomic E-state index is 13.1. The second-order valence-corrected chi connectivity index (χ2v) is 9.57. The van der Waals surface area contributed by atoms with E-state index in [1.807, 2.05) is 42.5 Å². The first-order chi connectivity index (χ1) is 15.3. The fourth-order valence-corrected chi connectivity index (χ4v) is 5.35. The van der Waals surface area contributed by atoms with Gasteiger partial charge in [-0.3, -0.25) is 9.59 Å². The van der Waals surface area contributed by atoms with Crippen molar-refractivity contribution < 1.29 is 18.0 Å². The molecular formula is C26H19NO4S. The average molecular weight is 442 g/mol. The summed E-state index contributed by atoms with van der Waals surface area (Å²) in [5.41, 5.74) is 1.77. The van der Waals surface area contributed by atoms with Crippen molar-refractivity contribution >= 4 is 32.4 Å². The highest BCUT2D eigenvalue weighted by Crippen LogP contribution is 2.29. The highest BCUT2D eigenvalue weighted by atomic mass is 32.2. The second-order valence-electron chi connectivity index (χ2n) is 7.86. The van der Waals surface area contributed by atoms with Gasteiger partial charge in [0.05, 0.1) is 4.90 Å². The van der Waals surface area contributed by atoms with Gasteiger partial charge < -0.3 is 0 Å². The van der Waals surface area contributed by atoms with Gasteiger partial charge in [0.25, 0.3) is 0 Å². The third-order valence-corrected chi connectivity index (χ3v) is 7.35. The molecule has 0 amide bonds. The van der Waals surface area contributed by atoms with Crippen LogP contribution in [-0.4, -0.2) is 20.0 Å². The predicted molar refractivity (Wildman–Crippen MR) is 122 cm³/mol. The number of ketones is 2. The molecule has 1 atom stereocenters. The van der Waals surface area contributed by atoms with E-state index in [1.165, 1.54) is 18.2 Å². The number of carbonyl (C=O) groups excluding carboxylic acids is 2. The number of fused-ring (bicyclic) bond motifs is 3. The Kier molecular flexibility index (Phi) is 4.77. The van der Waals surface area contributed by atoms with Crippen LogP contribution in [0.25, 0.3) is 10.8 Å². The molecule has 158 valence electrons. The lowest BCUT2D eigenvalue weighted by Crippen LogP contribution is -2.28. The van der Waals surface area contributed by atoms with Gasteiger partial charge in [-0.25, -0.2) is 13.1 Å². The van der Waals surface area contributed by atoms with E-state index >= 15 is 0 Å². The van der Waals surface area contributed by atoms with E-state index in [9.17, 15) is 18.0 Å². The van der Waals surface area contributed by atoms with Crippen LogP contribution in [0.3, 0.4) is 0 Å². The van der Waals surface area contributed by atoms with Crippen molar-refractivity contribution in [2.45, 2.75) is 17.9 Å². The molecule has 5 rings (SSSR count). The van der Waals surface area contributed by atoms with Gasteiger partial charge in [-0.2, -0.15) is 0 Å². The summed E-state index contributed by atoms with van der Waals surface area (Å²) in [5, 5.41) is 2.09. The first-order valence-electron chi connectivity index (χ1n) is 10.2. The summed E-state index contributed by atoms with van der Waals surface area (Å²) < 4.78 is 28.9. The molecule has 0 saturated carbocycles. The van der Waals surface area contributed by atoms with Gasteiger partial charge in [-0.15, -0.1) is 0 Å². The Balaban J connectivity index is 1.48. The highest BCUT2D eigenvalue weighted by molar-refractivity contribution is 7.89. The Labute approximate surface area is 185 Å². The van der Waals surface area contributed by atoms with Crippen LogP contribution in [0.4, 0.5) is 0 Å². The van der Waals surface area contributed by atoms with Gasteiger partial charge in [-0.05, 0) is 47.5 Å². The number of carbonyl (C=O) groups is 2. The van der Waals surface area contributed by atoms with Crippen LogP contribution in [0.5, 0.6) is 0 Å². The van der Waals surface area contributed by atoms with Crippen LogP contribution >= 0.6 is 0 Å². The Bertz CT molecular complexity index is 1520. The fraction of sp³-hybridized carbons (Fsp3) is 0.0769. The molecule has 0 fully saturated rings. The lowest BCUT2D eigenvalue weighted by Gasteiger charge is -2.19. The summed E-state index contributed by atoms with van der Waals surface area (Å²) in [4.78, 5) is 25.6. The number of hydrogen-bond acceptors (Lipinski definition) is 4. The molecule has 0 bridgehead atoms. The van der Waals surface area contributed by atoms with Crippen LogP contribution < -0.4 is 4.72 Å². The zero-order valence-electron chi connectivity index (χ0n) is 17.2. The lowest BCUT2D eigenvalue weighted by molar-refractivity contribution is 0.0979. The molecule has 5 nitrogen and oxygen atoms in total. The highest BCUT2D eigenvalue weighted by Gasteiger charge is 2.31. The van der Waals surface area contributed by atoms with Gasteiger partial charge in [-0.1, -0.05) is 60.7 Å². The maximum absolute atomic E-state index is 13.1. The molecule has 32 heavy (non-hydrogen) atoms. The normalized spacial score (nSPS) is 14.2. The Morgan fingerprint density at radius 2 is 1.25 bits per heavy atom. The Morgan fingerprint density at radius 1 is 0.656 bits per heavy atom. The second kappa shape index (κ2) is 7.51. The predicted octanol–water partition coefficient (Wildman–Crippen LogP) is 4.65. The quantitative estimate of drug-likeness (QED) is 0.440. The monoisotopic (exact) mass is 441 g/mol. The molecule has 4 aromatic rings. The molecule has 1 unspecified atom stereocenters. The third-order valence-electron chi connectivity index (χ3n) is 5.81. The van der Waals surface area contributed by atoms with Crippen LogP contribution in [0.15, 0.2) is 89.8 Å². The number of benzene rings is 4. The van der Waals surface area contributed by atoms with Gasteiger partial charge in [0, 0.05) is 28.3 Å². The van der Waals surface area contributed by atoms with Crippen molar-refractivity contribution in [2.75, 3.05) is 0 Å². The molecule has 1 aliphatic carbocycles. The molecule has 0 saturated heterocycles. The Morgan fingerprint density at radius 3 is 1.97 bits per heavy atom. The summed E-state index contributed by atoms with van der Waals surface area (Å²) >= 11 is 0. The summed E-state index contributed by atoms with van der Waals surface area (Å²) in [6, 6.07) is 23.8. The zero-order chi connectivity index (χ0) is 22.5. The first-order valence-corrected chi connectivity index (χ1v) is 11.7. The first kappa shape index (κ1) is 20.3. The molecule has 0 radical (unpaired) electrons. The van der Waals surface area contributed by atoms with Gasteiger partial charge in [0.15, 0.2) is 11.6 Å². The van der Waals surface area contributed by atoms with E-state index in [2.05, 4.69) is 4.72 Å². The van der Waals surface area contributed by atoms with E-state index in [4.69, 9.17) is 0 Å². The minimum atomic E-state index is -3.93. The van der Waals surface area contributed by atoms with E-state index in [1.54, 1.807) is 31.2 Å². The lowest BCUT2D eigenvalue weighted by atomic mass is 9.84. The summed E-state index contributed by atoms with van der Waals surface area (Å²) in [5.74, 6) is -0.633. The number of sulfonamides is 1. The van der Waals surface area contributed by atoms with Crippen molar-refractivity contribution in [1.29, 1.82) is 0 Å². The summed E-state index contributed by atoms with van der Waals surface area (Å²) in [7, 11) is -3.93. The topological polar surface area (TPSA) is 80.3 Å². The number of rotatable bonds is 4. The number of hydrogen-bond donors (Lipinski definition) is 1. The summed E-state index contributed by atoms with van der Waals surface area (Å²) in [6.45, 7) is 1.77. The smallest absolute Gasteiger partial charge is 0.241 e. The van der Waals surface area contributed by atoms with Gasteiger partial charge in [0.1, 0.15) is 0 Å². The van der Waals surface area contributed by atoms with E-state index in [0.717, 1.165) is 16.3 Å². The maximum Gasteiger partial charge on any atom is 0.241 e. The average Bonchev–Trinajstić information content (AvgIpc) is 2.81. The zero-order valence-corrected chi connectivity index (χ0v) is 18.0. The van der Waals surface area contributed by atoms with Gasteiger partial charge in [0.2, 0.25) is 10.0 Å².